The van der Waals surface area contributed by atoms with Gasteiger partial charge in [-0.15, -0.1) is 34.0 Å². The third-order valence-corrected chi connectivity index (χ3v) is 20.3. The molecule has 582 valence electrons. The number of hydrogen-bond donors (Lipinski definition) is 6. The van der Waals surface area contributed by atoms with Gasteiger partial charge < -0.3 is 50.1 Å². The number of nitrogens with zero attached hydrogens (tertiary/aromatic N) is 3. The Balaban J connectivity index is 0.000000203. The second-order valence-corrected chi connectivity index (χ2v) is 29.7. The van der Waals surface area contributed by atoms with Crippen molar-refractivity contribution in [1.82, 2.24) is 30.9 Å². The molecule has 3 saturated carbocycles. The molecule has 9 aromatic rings. The van der Waals surface area contributed by atoms with Gasteiger partial charge in [0.25, 0.3) is 17.7 Å². The number of carbonyl (C=O) groups excluding carboxylic acids is 4. The van der Waals surface area contributed by atoms with E-state index in [4.69, 9.17) is 29.0 Å². The monoisotopic (exact) mass is 1880 g/mol. The number of aliphatic hydroxyl groups excluding tert-OH is 1. The molecular weight excluding hydrogens is 1800 g/mol. The highest BCUT2D eigenvalue weighted by Crippen LogP contribution is 2.36. The lowest BCUT2D eigenvalue weighted by atomic mass is 9.89. The number of ether oxygens (including phenoxy) is 4. The Labute approximate surface area is 710 Å². The molecule has 17 nitrogen and oxygen atoms in total. The summed E-state index contributed by atoms with van der Waals surface area (Å²) in [7, 11) is 0.0726. The summed E-state index contributed by atoms with van der Waals surface area (Å²) in [6, 6.07) is 25.1. The maximum atomic E-state index is 13.8. The Morgan fingerprint density at radius 1 is 0.535 bits per heavy atom. The van der Waals surface area contributed by atoms with Crippen molar-refractivity contribution in [2.45, 2.75) is 99.4 Å². The van der Waals surface area contributed by atoms with Gasteiger partial charge in [0, 0.05) is 114 Å². The minimum atomic E-state index is -1.42. The number of amides is 3. The number of nitrogens with one attached hydrogen (secondary N) is 3. The third-order valence-electron chi connectivity index (χ3n) is 16.1. The molecule has 6 heterocycles. The predicted molar refractivity (Wildman–Crippen MR) is 462 cm³/mol. The number of aromatic nitrogens is 3. The largest absolute Gasteiger partial charge is 0.502 e. The van der Waals surface area contributed by atoms with E-state index in [9.17, 15) is 37.5 Å². The van der Waals surface area contributed by atoms with Gasteiger partial charge in [0.15, 0.2) is 6.29 Å². The fourth-order valence-corrected chi connectivity index (χ4v) is 12.3. The summed E-state index contributed by atoms with van der Waals surface area (Å²) >= 11 is 11.4. The lowest BCUT2D eigenvalue weighted by Crippen LogP contribution is -2.27. The first-order chi connectivity index (χ1) is 55.2. The van der Waals surface area contributed by atoms with Gasteiger partial charge in [0.1, 0.15) is 39.9 Å². The molecule has 0 saturated heterocycles. The summed E-state index contributed by atoms with van der Waals surface area (Å²) in [5.41, 5.74) is 7.51. The molecule has 0 radical (unpaired) electrons. The summed E-state index contributed by atoms with van der Waals surface area (Å²) < 4.78 is 69.7. The molecule has 0 unspecified atom stereocenters. The van der Waals surface area contributed by atoms with Crippen LogP contribution in [0.2, 0.25) is 0 Å². The summed E-state index contributed by atoms with van der Waals surface area (Å²) in [5.74, 6) is 36.7. The van der Waals surface area contributed by atoms with Crippen molar-refractivity contribution in [3.63, 3.8) is 0 Å². The average molecular weight is 1880 g/mol. The van der Waals surface area contributed by atoms with Gasteiger partial charge in [0.05, 0.1) is 38.3 Å². The molecule has 0 atom stereocenters. The quantitative estimate of drug-likeness (QED) is 0.0143. The minimum absolute atomic E-state index is 0.0840. The SMILES string of the molecule is CC#CC#CC#CC#CC#CC#CC#CI.CC#CI.COc1ccsc1B(O)O.Cc1ccc(CNC(=O)c2cc(-c3sccc3C=O)cnc2OCC2CC2)cc1F.Cc1ccc(CNC(=O)c2cc(-c3sccc3CO)cnc2OCC2CC2)cc1F.Cc1ccc(CNC(=O)c2cc(Br)cnc2OCC2CC2)cc1F. The Morgan fingerprint density at radius 2 is 0.921 bits per heavy atom. The molecular formula is C87H75BBrF3I2N6O11S3. The Hall–Kier alpha value is -10.4. The van der Waals surface area contributed by atoms with Gasteiger partial charge in [-0.05, 0) is 295 Å². The first-order valence-corrected chi connectivity index (χ1v) is 40.7. The van der Waals surface area contributed by atoms with E-state index in [-0.39, 0.29) is 67.3 Å². The zero-order chi connectivity index (χ0) is 82.2. The maximum Gasteiger partial charge on any atom is 0.502 e. The van der Waals surface area contributed by atoms with Crippen molar-refractivity contribution >= 4 is 131 Å². The van der Waals surface area contributed by atoms with Crippen LogP contribution in [0.25, 0.3) is 20.9 Å². The Kier molecular flexibility index (Phi) is 39.3. The van der Waals surface area contributed by atoms with E-state index in [1.807, 2.05) is 68.9 Å². The van der Waals surface area contributed by atoms with Gasteiger partial charge in [0.2, 0.25) is 17.6 Å². The zero-order valence-electron chi connectivity index (χ0n) is 62.6. The predicted octanol–water partition coefficient (Wildman–Crippen LogP) is 15.5. The van der Waals surface area contributed by atoms with Gasteiger partial charge in [-0.3, -0.25) is 19.2 Å². The summed E-state index contributed by atoms with van der Waals surface area (Å²) in [4.78, 5) is 64.2. The molecule has 6 aromatic heterocycles. The second-order valence-electron chi connectivity index (χ2n) is 24.9. The smallest absolute Gasteiger partial charge is 0.496 e. The molecule has 0 bridgehead atoms. The van der Waals surface area contributed by atoms with Crippen LogP contribution in [0.4, 0.5) is 13.2 Å². The standard InChI is InChI=1S/C23H23FN2O3S.C23H21FN2O3S.C18H18BrFN2O2.C15H3I.C5H7BO3S.C3H3I/c2*1-14-2-3-16(8-20(14)24)10-25-22(28)19-9-18(21-17(12-27)6-7-30-21)11-26-23(19)29-13-15-4-5-15;1-11-2-3-13(6-16(11)20)8-21-17(23)15-7-14(19)9-22-18(15)24-10-12-4-5-12;1-2-3-4-5-6-7-8-9-10-11-12-13-14-15-16;1-9-4-2-3-10-5(4)6(7)8;1-2-3-4/h2-3,6-9,11,15,27H,4-5,10,12-13H2,1H3,(H,25,28);2-3,6-9,11-12,15H,4-5,10,13H2,1H3,(H,25,28);2-3,6-7,9,12H,4-5,8,10H2,1H3,(H,21,23);1H3;2-3,7-8H,1H3;1H3. The average Bonchev–Trinajstić information content (AvgIpc) is 1.78. The van der Waals surface area contributed by atoms with Crippen LogP contribution in [-0.4, -0.2) is 88.2 Å². The lowest BCUT2D eigenvalue weighted by Gasteiger charge is -2.13. The van der Waals surface area contributed by atoms with Crippen molar-refractivity contribution in [3.8, 4) is 135 Å². The molecule has 6 N–H and O–H groups in total. The van der Waals surface area contributed by atoms with Crippen molar-refractivity contribution in [2.24, 2.45) is 17.8 Å². The highest BCUT2D eigenvalue weighted by Gasteiger charge is 2.28. The first kappa shape index (κ1) is 90.8. The van der Waals surface area contributed by atoms with E-state index in [0.29, 0.717) is 126 Å². The van der Waals surface area contributed by atoms with E-state index >= 15 is 0 Å². The van der Waals surface area contributed by atoms with Gasteiger partial charge in [-0.1, -0.05) is 48.2 Å². The van der Waals surface area contributed by atoms with Crippen LogP contribution >= 0.6 is 95.1 Å². The van der Waals surface area contributed by atoms with E-state index < -0.39 is 7.12 Å². The van der Waals surface area contributed by atoms with Crippen molar-refractivity contribution in [2.75, 3.05) is 26.9 Å². The van der Waals surface area contributed by atoms with Crippen molar-refractivity contribution in [3.05, 3.63) is 209 Å². The molecule has 3 aliphatic carbocycles. The number of aliphatic hydroxyl groups is 1. The fraction of sp³-hybridized carbons (Fsp3) is 0.253. The molecule has 3 fully saturated rings. The van der Waals surface area contributed by atoms with Gasteiger partial charge in [-0.2, -0.15) is 0 Å². The molecule has 0 aliphatic heterocycles. The van der Waals surface area contributed by atoms with Crippen LogP contribution in [0.1, 0.15) is 133 Å². The molecule has 3 amide bonds. The number of pyridine rings is 3. The molecule has 3 aliphatic rings. The maximum absolute atomic E-state index is 13.8. The summed E-state index contributed by atoms with van der Waals surface area (Å²) in [6.45, 7) is 10.8. The topological polar surface area (TPSA) is 241 Å². The molecule has 3 aromatic carbocycles. The Bertz CT molecular complexity index is 5330. The number of thiophene rings is 3. The fourth-order valence-electron chi connectivity index (χ4n) is 9.35. The number of benzene rings is 3. The third kappa shape index (κ3) is 31.6. The molecule has 0 spiro atoms. The van der Waals surface area contributed by atoms with Crippen LogP contribution < -0.4 is 39.7 Å². The highest BCUT2D eigenvalue weighted by atomic mass is 127. The summed E-state index contributed by atoms with van der Waals surface area (Å²) in [6.07, 6.45) is 12.5. The number of aryl methyl sites for hydroxylation is 3. The van der Waals surface area contributed by atoms with Crippen LogP contribution in [0, 0.1) is 147 Å². The number of aldehydes is 1. The number of methoxy groups -OCH3 is 1. The number of hydrogen-bond acceptors (Lipinski definition) is 17. The molecule has 27 heteroatoms. The van der Waals surface area contributed by atoms with Crippen molar-refractivity contribution in [1.29, 1.82) is 0 Å². The normalized spacial score (nSPS) is 11.3. The van der Waals surface area contributed by atoms with Gasteiger partial charge in [-0.25, -0.2) is 28.1 Å². The Morgan fingerprint density at radius 3 is 1.29 bits per heavy atom. The number of halogens is 6. The van der Waals surface area contributed by atoms with Crippen LogP contribution in [-0.2, 0) is 26.2 Å². The van der Waals surface area contributed by atoms with Crippen LogP contribution in [0.15, 0.2) is 130 Å². The molecule has 114 heavy (non-hydrogen) atoms. The van der Waals surface area contributed by atoms with E-state index in [1.165, 1.54) is 59.3 Å². The summed E-state index contributed by atoms with van der Waals surface area (Å²) in [5, 5.41) is 40.9. The van der Waals surface area contributed by atoms with Crippen LogP contribution in [0.5, 0.6) is 23.4 Å². The van der Waals surface area contributed by atoms with Crippen LogP contribution in [0.3, 0.4) is 0 Å². The second kappa shape index (κ2) is 49.3. The van der Waals surface area contributed by atoms with E-state index in [0.717, 1.165) is 65.7 Å². The van der Waals surface area contributed by atoms with E-state index in [2.05, 4.69) is 138 Å². The minimum Gasteiger partial charge on any atom is -0.496 e. The number of carbonyl (C=O) groups is 4. The van der Waals surface area contributed by atoms with Gasteiger partial charge >= 0.3 is 7.12 Å². The zero-order valence-corrected chi connectivity index (χ0v) is 71.0. The van der Waals surface area contributed by atoms with E-state index in [1.54, 1.807) is 118 Å². The lowest BCUT2D eigenvalue weighted by molar-refractivity contribution is 0.0937. The number of rotatable bonds is 24. The van der Waals surface area contributed by atoms with Crippen molar-refractivity contribution < 1.29 is 66.5 Å². The highest BCUT2D eigenvalue weighted by molar-refractivity contribution is 14.1. The molecule has 12 rings (SSSR count). The first-order valence-electron chi connectivity index (χ1n) is 35.1.